The van der Waals surface area contributed by atoms with Gasteiger partial charge in [0.25, 0.3) is 5.91 Å². The van der Waals surface area contributed by atoms with Crippen LogP contribution < -0.4 is 0 Å². The van der Waals surface area contributed by atoms with Crippen molar-refractivity contribution in [2.75, 3.05) is 18.4 Å². The number of rotatable bonds is 2. The van der Waals surface area contributed by atoms with Gasteiger partial charge in [0.05, 0.1) is 5.56 Å². The van der Waals surface area contributed by atoms with Crippen LogP contribution in [0.3, 0.4) is 0 Å². The molecule has 1 amide bonds. The number of aromatic hydroxyl groups is 1. The number of hydrogen-bond donors (Lipinski definition) is 1. The zero-order valence-electron chi connectivity index (χ0n) is 9.90. The minimum atomic E-state index is -0.136. The van der Waals surface area contributed by atoms with Crippen molar-refractivity contribution in [3.63, 3.8) is 0 Å². The molecule has 18 heavy (non-hydrogen) atoms. The Morgan fingerprint density at radius 2 is 2.11 bits per heavy atom. The third kappa shape index (κ3) is 2.98. The van der Waals surface area contributed by atoms with E-state index in [1.807, 2.05) is 0 Å². The molecule has 3 nitrogen and oxygen atoms in total. The molecular formula is C13H15BrClNO2. The first-order valence-corrected chi connectivity index (χ1v) is 7.45. The molecule has 0 radical (unpaired) electrons. The van der Waals surface area contributed by atoms with Gasteiger partial charge in [0.2, 0.25) is 0 Å². The predicted octanol–water partition coefficient (Wildman–Crippen LogP) is 3.29. The summed E-state index contributed by atoms with van der Waals surface area (Å²) in [6, 6.07) is 4.56. The minimum Gasteiger partial charge on any atom is -0.507 e. The molecule has 0 bridgehead atoms. The standard InChI is InChI=1S/C13H15BrClNO2/c14-8-9-3-5-16(6-4-9)13(18)11-7-10(15)1-2-12(11)17/h1-2,7,9,17H,3-6,8H2. The number of carbonyl (C=O) groups is 1. The highest BCUT2D eigenvalue weighted by atomic mass is 79.9. The van der Waals surface area contributed by atoms with Crippen molar-refractivity contribution in [2.45, 2.75) is 12.8 Å². The normalized spacial score (nSPS) is 16.9. The second kappa shape index (κ2) is 5.93. The maximum atomic E-state index is 12.3. The van der Waals surface area contributed by atoms with Gasteiger partial charge in [-0.2, -0.15) is 0 Å². The van der Waals surface area contributed by atoms with E-state index >= 15 is 0 Å². The highest BCUT2D eigenvalue weighted by molar-refractivity contribution is 9.09. The molecule has 0 spiro atoms. The lowest BCUT2D eigenvalue weighted by molar-refractivity contribution is 0.0696. The molecule has 0 saturated carbocycles. The molecule has 1 aliphatic heterocycles. The number of amides is 1. The van der Waals surface area contributed by atoms with Crippen LogP contribution in [-0.2, 0) is 0 Å². The minimum absolute atomic E-state index is 0.00739. The summed E-state index contributed by atoms with van der Waals surface area (Å²) < 4.78 is 0. The van der Waals surface area contributed by atoms with Crippen LogP contribution in [0.5, 0.6) is 5.75 Å². The van der Waals surface area contributed by atoms with Crippen LogP contribution in [0.2, 0.25) is 5.02 Å². The monoisotopic (exact) mass is 331 g/mol. The Morgan fingerprint density at radius 1 is 1.44 bits per heavy atom. The number of carbonyl (C=O) groups excluding carboxylic acids is 1. The van der Waals surface area contributed by atoms with Crippen molar-refractivity contribution in [3.8, 4) is 5.75 Å². The maximum absolute atomic E-state index is 12.3. The average molecular weight is 333 g/mol. The van der Waals surface area contributed by atoms with E-state index in [0.29, 0.717) is 16.5 Å². The lowest BCUT2D eigenvalue weighted by atomic mass is 9.98. The summed E-state index contributed by atoms with van der Waals surface area (Å²) >= 11 is 9.33. The molecule has 1 heterocycles. The van der Waals surface area contributed by atoms with Crippen molar-refractivity contribution >= 4 is 33.4 Å². The van der Waals surface area contributed by atoms with Gasteiger partial charge in [-0.15, -0.1) is 0 Å². The smallest absolute Gasteiger partial charge is 0.257 e. The predicted molar refractivity (Wildman–Crippen MR) is 75.5 cm³/mol. The Morgan fingerprint density at radius 3 is 2.72 bits per heavy atom. The molecule has 1 aromatic rings. The van der Waals surface area contributed by atoms with E-state index in [9.17, 15) is 9.90 Å². The van der Waals surface area contributed by atoms with Crippen LogP contribution >= 0.6 is 27.5 Å². The first kappa shape index (κ1) is 13.7. The number of phenols is 1. The zero-order chi connectivity index (χ0) is 13.1. The van der Waals surface area contributed by atoms with E-state index in [4.69, 9.17) is 11.6 Å². The summed E-state index contributed by atoms with van der Waals surface area (Å²) in [5, 5.41) is 11.2. The fourth-order valence-electron chi connectivity index (χ4n) is 2.14. The third-order valence-electron chi connectivity index (χ3n) is 3.31. The van der Waals surface area contributed by atoms with Crippen LogP contribution in [0.1, 0.15) is 23.2 Å². The number of hydrogen-bond acceptors (Lipinski definition) is 2. The molecule has 98 valence electrons. The number of benzene rings is 1. The molecular weight excluding hydrogens is 318 g/mol. The molecule has 2 rings (SSSR count). The van der Waals surface area contributed by atoms with Crippen molar-refractivity contribution in [1.29, 1.82) is 0 Å². The van der Waals surface area contributed by atoms with Crippen LogP contribution in [0, 0.1) is 5.92 Å². The van der Waals surface area contributed by atoms with E-state index < -0.39 is 0 Å². The number of halogens is 2. The lowest BCUT2D eigenvalue weighted by Crippen LogP contribution is -2.38. The number of likely N-dealkylation sites (tertiary alicyclic amines) is 1. The molecule has 1 fully saturated rings. The Labute approximate surface area is 120 Å². The zero-order valence-corrected chi connectivity index (χ0v) is 12.2. The van der Waals surface area contributed by atoms with Gasteiger partial charge in [0.15, 0.2) is 0 Å². The summed E-state index contributed by atoms with van der Waals surface area (Å²) in [4.78, 5) is 14.0. The van der Waals surface area contributed by atoms with E-state index in [2.05, 4.69) is 15.9 Å². The fraction of sp³-hybridized carbons (Fsp3) is 0.462. The van der Waals surface area contributed by atoms with Crippen LogP contribution in [0.4, 0.5) is 0 Å². The number of nitrogens with zero attached hydrogens (tertiary/aromatic N) is 1. The summed E-state index contributed by atoms with van der Waals surface area (Å²) in [7, 11) is 0. The van der Waals surface area contributed by atoms with Gasteiger partial charge in [-0.05, 0) is 37.0 Å². The van der Waals surface area contributed by atoms with Crippen LogP contribution in [0.15, 0.2) is 18.2 Å². The summed E-state index contributed by atoms with van der Waals surface area (Å²) in [6.07, 6.45) is 2.00. The summed E-state index contributed by atoms with van der Waals surface area (Å²) in [5.74, 6) is 0.497. The average Bonchev–Trinajstić information content (AvgIpc) is 2.41. The maximum Gasteiger partial charge on any atom is 0.257 e. The van der Waals surface area contributed by atoms with Crippen molar-refractivity contribution in [3.05, 3.63) is 28.8 Å². The van der Waals surface area contributed by atoms with Gasteiger partial charge >= 0.3 is 0 Å². The van der Waals surface area contributed by atoms with Gasteiger partial charge in [-0.3, -0.25) is 4.79 Å². The molecule has 1 aliphatic rings. The molecule has 0 unspecified atom stereocenters. The van der Waals surface area contributed by atoms with Crippen LogP contribution in [-0.4, -0.2) is 34.3 Å². The Balaban J connectivity index is 2.10. The Bertz CT molecular complexity index is 445. The number of phenolic OH excluding ortho intramolecular Hbond substituents is 1. The molecule has 0 aromatic heterocycles. The molecule has 0 aliphatic carbocycles. The molecule has 1 aromatic carbocycles. The van der Waals surface area contributed by atoms with Crippen molar-refractivity contribution in [1.82, 2.24) is 4.90 Å². The highest BCUT2D eigenvalue weighted by Gasteiger charge is 2.24. The van der Waals surface area contributed by atoms with Gasteiger partial charge in [0, 0.05) is 23.4 Å². The first-order chi connectivity index (χ1) is 8.61. The topological polar surface area (TPSA) is 40.5 Å². The van der Waals surface area contributed by atoms with Crippen molar-refractivity contribution < 1.29 is 9.90 Å². The lowest BCUT2D eigenvalue weighted by Gasteiger charge is -2.31. The molecule has 1 N–H and O–H groups in total. The Hall–Kier alpha value is -0.740. The van der Waals surface area contributed by atoms with Gasteiger partial charge in [-0.25, -0.2) is 0 Å². The summed E-state index contributed by atoms with van der Waals surface area (Å²) in [5.41, 5.74) is 0.291. The first-order valence-electron chi connectivity index (χ1n) is 5.95. The number of piperidine rings is 1. The van der Waals surface area contributed by atoms with Crippen LogP contribution in [0.25, 0.3) is 0 Å². The van der Waals surface area contributed by atoms with Gasteiger partial charge in [0.1, 0.15) is 5.75 Å². The second-order valence-corrected chi connectivity index (χ2v) is 5.64. The second-order valence-electron chi connectivity index (χ2n) is 4.55. The van der Waals surface area contributed by atoms with Crippen molar-refractivity contribution in [2.24, 2.45) is 5.92 Å². The molecule has 1 saturated heterocycles. The Kier molecular flexibility index (Phi) is 4.51. The molecule has 0 atom stereocenters. The quantitative estimate of drug-likeness (QED) is 0.844. The summed E-state index contributed by atoms with van der Waals surface area (Å²) in [6.45, 7) is 1.47. The van der Waals surface area contributed by atoms with Gasteiger partial charge in [-0.1, -0.05) is 27.5 Å². The largest absolute Gasteiger partial charge is 0.507 e. The molecule has 5 heteroatoms. The van der Waals surface area contributed by atoms with E-state index in [0.717, 1.165) is 31.3 Å². The SMILES string of the molecule is O=C(c1cc(Cl)ccc1O)N1CCC(CBr)CC1. The van der Waals surface area contributed by atoms with E-state index in [1.54, 1.807) is 11.0 Å². The highest BCUT2D eigenvalue weighted by Crippen LogP contribution is 2.26. The van der Waals surface area contributed by atoms with E-state index in [1.165, 1.54) is 12.1 Å². The van der Waals surface area contributed by atoms with Gasteiger partial charge < -0.3 is 10.0 Å². The third-order valence-corrected chi connectivity index (χ3v) is 4.46. The van der Waals surface area contributed by atoms with E-state index in [-0.39, 0.29) is 11.7 Å². The fourth-order valence-corrected chi connectivity index (χ4v) is 2.96. The number of alkyl halides is 1.